The van der Waals surface area contributed by atoms with Gasteiger partial charge in [0, 0.05) is 24.2 Å². The van der Waals surface area contributed by atoms with E-state index in [1.807, 2.05) is 4.90 Å². The van der Waals surface area contributed by atoms with E-state index in [4.69, 9.17) is 21.1 Å². The Morgan fingerprint density at radius 1 is 1.25 bits per heavy atom. The summed E-state index contributed by atoms with van der Waals surface area (Å²) in [6.07, 6.45) is 1.23. The molecule has 10 nitrogen and oxygen atoms in total. The van der Waals surface area contributed by atoms with Crippen LogP contribution in [0.2, 0.25) is 5.02 Å². The quantitative estimate of drug-likeness (QED) is 0.248. The zero-order valence-electron chi connectivity index (χ0n) is 22.1. The molecule has 3 aromatic rings. The fourth-order valence-electron chi connectivity index (χ4n) is 4.85. The summed E-state index contributed by atoms with van der Waals surface area (Å²) >= 11 is 7.70. The van der Waals surface area contributed by atoms with Crippen LogP contribution in [0.25, 0.3) is 6.08 Å². The minimum Gasteiger partial charge on any atom is -0.459 e. The van der Waals surface area contributed by atoms with Gasteiger partial charge in [0.1, 0.15) is 11.7 Å². The predicted molar refractivity (Wildman–Crippen MR) is 153 cm³/mol. The van der Waals surface area contributed by atoms with Crippen LogP contribution in [-0.2, 0) is 14.3 Å². The van der Waals surface area contributed by atoms with Gasteiger partial charge >= 0.3 is 5.97 Å². The van der Waals surface area contributed by atoms with Gasteiger partial charge in [0.15, 0.2) is 4.80 Å². The lowest BCUT2D eigenvalue weighted by molar-refractivity contribution is -0.384. The molecule has 1 atom stereocenters. The van der Waals surface area contributed by atoms with Gasteiger partial charge in [0.2, 0.25) is 0 Å². The Morgan fingerprint density at radius 2 is 1.98 bits per heavy atom. The SMILES string of the molecule is CC1=C(C(=O)OC(C)C)C(c2ccccc2Cl)n2c(sc(=Cc3ccc(N4CCOCC4)c([N+](=O)[O-])c3)c2=O)=N1. The molecule has 0 amide bonds. The van der Waals surface area contributed by atoms with Gasteiger partial charge in [-0.2, -0.15) is 0 Å². The summed E-state index contributed by atoms with van der Waals surface area (Å²) < 4.78 is 12.6. The second-order valence-corrected chi connectivity index (χ2v) is 11.1. The second kappa shape index (κ2) is 11.4. The van der Waals surface area contributed by atoms with Crippen molar-refractivity contribution in [2.75, 3.05) is 31.2 Å². The molecule has 0 spiro atoms. The van der Waals surface area contributed by atoms with E-state index in [1.165, 1.54) is 10.6 Å². The second-order valence-electron chi connectivity index (χ2n) is 9.66. The van der Waals surface area contributed by atoms with Crippen LogP contribution >= 0.6 is 22.9 Å². The van der Waals surface area contributed by atoms with Gasteiger partial charge in [0.25, 0.3) is 11.2 Å². The van der Waals surface area contributed by atoms with Crippen molar-refractivity contribution in [2.24, 2.45) is 4.99 Å². The van der Waals surface area contributed by atoms with Crippen molar-refractivity contribution in [3.63, 3.8) is 0 Å². The molecular weight excluding hydrogens is 556 g/mol. The zero-order valence-corrected chi connectivity index (χ0v) is 23.7. The molecular formula is C28H27ClN4O6S. The zero-order chi connectivity index (χ0) is 28.6. The summed E-state index contributed by atoms with van der Waals surface area (Å²) in [4.78, 5) is 45.5. The maximum atomic E-state index is 13.9. The molecule has 1 aromatic heterocycles. The number of anilines is 1. The monoisotopic (exact) mass is 582 g/mol. The number of aromatic nitrogens is 1. The Morgan fingerprint density at radius 3 is 2.65 bits per heavy atom. The topological polar surface area (TPSA) is 116 Å². The maximum Gasteiger partial charge on any atom is 0.338 e. The number of esters is 1. The number of nitro groups is 1. The van der Waals surface area contributed by atoms with Crippen molar-refractivity contribution < 1.29 is 19.2 Å². The highest BCUT2D eigenvalue weighted by Crippen LogP contribution is 2.35. The highest BCUT2D eigenvalue weighted by atomic mass is 35.5. The number of fused-ring (bicyclic) bond motifs is 1. The smallest absolute Gasteiger partial charge is 0.338 e. The minimum absolute atomic E-state index is 0.0491. The van der Waals surface area contributed by atoms with Crippen molar-refractivity contribution in [2.45, 2.75) is 32.9 Å². The first-order chi connectivity index (χ1) is 19.2. The number of morpholine rings is 1. The van der Waals surface area contributed by atoms with Crippen molar-refractivity contribution in [3.05, 3.63) is 99.7 Å². The van der Waals surface area contributed by atoms with E-state index in [2.05, 4.69) is 4.99 Å². The van der Waals surface area contributed by atoms with E-state index in [1.54, 1.807) is 63.2 Å². The van der Waals surface area contributed by atoms with Crippen LogP contribution in [0.1, 0.15) is 37.9 Å². The number of benzene rings is 2. The van der Waals surface area contributed by atoms with E-state index in [0.717, 1.165) is 11.3 Å². The number of ether oxygens (including phenoxy) is 2. The first-order valence-corrected chi connectivity index (χ1v) is 13.9. The number of nitrogens with zero attached hydrogens (tertiary/aromatic N) is 4. The van der Waals surface area contributed by atoms with E-state index in [-0.39, 0.29) is 17.4 Å². The van der Waals surface area contributed by atoms with Gasteiger partial charge in [0.05, 0.1) is 40.0 Å². The summed E-state index contributed by atoms with van der Waals surface area (Å²) in [5, 5.41) is 12.3. The Labute approximate surface area is 238 Å². The molecule has 0 aliphatic carbocycles. The third kappa shape index (κ3) is 5.32. The maximum absolute atomic E-state index is 13.9. The molecule has 0 bridgehead atoms. The molecule has 1 fully saturated rings. The van der Waals surface area contributed by atoms with Gasteiger partial charge in [-0.3, -0.25) is 19.5 Å². The van der Waals surface area contributed by atoms with E-state index < -0.39 is 22.5 Å². The van der Waals surface area contributed by atoms with Gasteiger partial charge in [-0.25, -0.2) is 9.79 Å². The summed E-state index contributed by atoms with van der Waals surface area (Å²) in [5.41, 5.74) is 1.78. The van der Waals surface area contributed by atoms with Crippen LogP contribution in [-0.4, -0.2) is 47.9 Å². The molecule has 12 heteroatoms. The Hall–Kier alpha value is -3.80. The van der Waals surface area contributed by atoms with Crippen LogP contribution in [0.5, 0.6) is 0 Å². The number of rotatable bonds is 6. The summed E-state index contributed by atoms with van der Waals surface area (Å²) in [6.45, 7) is 7.31. The first-order valence-electron chi connectivity index (χ1n) is 12.7. The fraction of sp³-hybridized carbons (Fsp3) is 0.321. The van der Waals surface area contributed by atoms with Crippen LogP contribution in [0.4, 0.5) is 11.4 Å². The molecule has 208 valence electrons. The molecule has 5 rings (SSSR count). The number of halogens is 1. The summed E-state index contributed by atoms with van der Waals surface area (Å²) in [5.74, 6) is -0.579. The Kier molecular flexibility index (Phi) is 7.88. The van der Waals surface area contributed by atoms with E-state index >= 15 is 0 Å². The highest BCUT2D eigenvalue weighted by molar-refractivity contribution is 7.07. The standard InChI is InChI=1S/C28H27ClN4O6S/c1-16(2)39-27(35)24-17(3)30-28-32(25(24)19-6-4-5-7-20(19)29)26(34)23(40-28)15-18-8-9-21(22(14-18)33(36)37)31-10-12-38-13-11-31/h4-9,14-16,25H,10-13H2,1-3H3. The summed E-state index contributed by atoms with van der Waals surface area (Å²) in [6, 6.07) is 11.1. The molecule has 2 aliphatic heterocycles. The highest BCUT2D eigenvalue weighted by Gasteiger charge is 2.35. The molecule has 1 saturated heterocycles. The third-order valence-electron chi connectivity index (χ3n) is 6.63. The number of hydrogen-bond acceptors (Lipinski definition) is 9. The first kappa shape index (κ1) is 27.8. The largest absolute Gasteiger partial charge is 0.459 e. The molecule has 1 unspecified atom stereocenters. The van der Waals surface area contributed by atoms with Crippen LogP contribution < -0.4 is 19.8 Å². The number of thiazole rings is 1. The lowest BCUT2D eigenvalue weighted by atomic mass is 9.96. The van der Waals surface area contributed by atoms with Crippen molar-refractivity contribution in [1.82, 2.24) is 4.57 Å². The lowest BCUT2D eigenvalue weighted by Gasteiger charge is -2.28. The Bertz CT molecular complexity index is 1700. The molecule has 3 heterocycles. The third-order valence-corrected chi connectivity index (χ3v) is 7.96. The van der Waals surface area contributed by atoms with Crippen LogP contribution in [0, 0.1) is 10.1 Å². The Balaban J connectivity index is 1.65. The average molecular weight is 583 g/mol. The van der Waals surface area contributed by atoms with Crippen molar-refractivity contribution in [3.8, 4) is 0 Å². The van der Waals surface area contributed by atoms with Crippen LogP contribution in [0.3, 0.4) is 0 Å². The number of hydrogen-bond donors (Lipinski definition) is 0. The van der Waals surface area contributed by atoms with E-state index in [9.17, 15) is 19.7 Å². The van der Waals surface area contributed by atoms with Crippen molar-refractivity contribution >= 4 is 46.4 Å². The normalized spacial score (nSPS) is 17.6. The fourth-order valence-corrected chi connectivity index (χ4v) is 6.14. The van der Waals surface area contributed by atoms with Gasteiger partial charge in [-0.15, -0.1) is 0 Å². The molecule has 0 saturated carbocycles. The van der Waals surface area contributed by atoms with Crippen LogP contribution in [0.15, 0.2) is 63.5 Å². The molecule has 2 aliphatic rings. The predicted octanol–water partition coefficient (Wildman–Crippen LogP) is 3.59. The summed E-state index contributed by atoms with van der Waals surface area (Å²) in [7, 11) is 0. The van der Waals surface area contributed by atoms with Gasteiger partial charge < -0.3 is 14.4 Å². The van der Waals surface area contributed by atoms with E-state index in [0.29, 0.717) is 63.2 Å². The number of nitro benzene ring substituents is 1. The average Bonchev–Trinajstić information content (AvgIpc) is 3.22. The van der Waals surface area contributed by atoms with Gasteiger partial charge in [-0.05, 0) is 50.1 Å². The number of allylic oxidation sites excluding steroid dienone is 1. The van der Waals surface area contributed by atoms with Gasteiger partial charge in [-0.1, -0.05) is 47.2 Å². The number of carbonyl (C=O) groups excluding carboxylic acids is 1. The molecule has 2 aromatic carbocycles. The molecule has 0 radical (unpaired) electrons. The van der Waals surface area contributed by atoms with Crippen molar-refractivity contribution in [1.29, 1.82) is 0 Å². The molecule has 0 N–H and O–H groups in total. The number of carbonyl (C=O) groups is 1. The lowest BCUT2D eigenvalue weighted by Crippen LogP contribution is -2.40. The minimum atomic E-state index is -0.851. The molecule has 40 heavy (non-hydrogen) atoms.